The van der Waals surface area contributed by atoms with Crippen LogP contribution in [0.15, 0.2) is 48.5 Å². The van der Waals surface area contributed by atoms with E-state index in [-0.39, 0.29) is 28.4 Å². The van der Waals surface area contributed by atoms with Crippen LogP contribution in [0.1, 0.15) is 34.0 Å². The lowest BCUT2D eigenvalue weighted by Gasteiger charge is -2.16. The zero-order valence-corrected chi connectivity index (χ0v) is 24.0. The van der Waals surface area contributed by atoms with Gasteiger partial charge >= 0.3 is 18.3 Å². The number of amides is 2. The highest BCUT2D eigenvalue weighted by atomic mass is 19.4. The van der Waals surface area contributed by atoms with Crippen molar-refractivity contribution in [2.45, 2.75) is 38.2 Å². The highest BCUT2D eigenvalue weighted by Gasteiger charge is 2.35. The number of ether oxygens (including phenoxy) is 1. The minimum absolute atomic E-state index is 0.0000943. The maximum atomic E-state index is 13.8. The number of imidazole rings is 1. The molecule has 252 valence electrons. The van der Waals surface area contributed by atoms with Crippen molar-refractivity contribution in [3.05, 3.63) is 70.8 Å². The molecule has 2 heterocycles. The second-order valence-corrected chi connectivity index (χ2v) is 9.98. The summed E-state index contributed by atoms with van der Waals surface area (Å²) in [5, 5.41) is 6.64. The average molecular weight is 681 g/mol. The zero-order valence-electron chi connectivity index (χ0n) is 24.0. The fourth-order valence-electron chi connectivity index (χ4n) is 4.07. The predicted molar refractivity (Wildman–Crippen MR) is 147 cm³/mol. The van der Waals surface area contributed by atoms with Gasteiger partial charge in [-0.3, -0.25) is 14.2 Å². The Bertz CT molecular complexity index is 1780. The summed E-state index contributed by atoms with van der Waals surface area (Å²) in [5.74, 6) is -7.39. The summed E-state index contributed by atoms with van der Waals surface area (Å²) < 4.78 is 139. The Kier molecular flexibility index (Phi) is 9.58. The van der Waals surface area contributed by atoms with Crippen LogP contribution in [0.3, 0.4) is 0 Å². The molecule has 4 aromatic rings. The summed E-state index contributed by atoms with van der Waals surface area (Å²) in [6.07, 6.45) is -12.6. The van der Waals surface area contributed by atoms with E-state index < -0.39 is 77.9 Å². The van der Waals surface area contributed by atoms with Crippen molar-refractivity contribution in [3.8, 4) is 5.88 Å². The van der Waals surface area contributed by atoms with E-state index in [1.165, 1.54) is 7.05 Å². The SMILES string of the molecule is Cn1c(Nc2cc(CNC(=O)C(C)(F)F)ccc2C(F)(F)F)nc2cc(C(=O)Nc3ccc(C(F)(F)F)cc3)c(OCC(F)F)nc21. The number of aryl methyl sites for hydroxylation is 1. The van der Waals surface area contributed by atoms with E-state index in [0.29, 0.717) is 25.1 Å². The third-order valence-electron chi connectivity index (χ3n) is 6.36. The Labute approximate surface area is 257 Å². The highest BCUT2D eigenvalue weighted by molar-refractivity contribution is 6.07. The summed E-state index contributed by atoms with van der Waals surface area (Å²) in [7, 11) is 1.28. The molecule has 3 N–H and O–H groups in total. The second kappa shape index (κ2) is 13.0. The summed E-state index contributed by atoms with van der Waals surface area (Å²) in [5.41, 5.74) is -3.69. The third-order valence-corrected chi connectivity index (χ3v) is 6.36. The Morgan fingerprint density at radius 1 is 0.915 bits per heavy atom. The third kappa shape index (κ3) is 8.39. The minimum atomic E-state index is -4.91. The smallest absolute Gasteiger partial charge is 0.418 e. The van der Waals surface area contributed by atoms with Crippen molar-refractivity contribution in [2.24, 2.45) is 7.05 Å². The lowest BCUT2D eigenvalue weighted by Crippen LogP contribution is -2.37. The standard InChI is InChI=1S/C28H22F10N6O3/c1-26(31,32)24(46)39-11-13-3-8-17(28(36,37)38)18(9-13)41-25-42-19-10-16(23(47-12-20(29)30)43-21(19)44(25)2)22(45)40-15-6-4-14(5-7-15)27(33,34)35/h3-10,20H,11-12H2,1-2H3,(H,39,46)(H,40,45)(H,41,42). The first-order valence-corrected chi connectivity index (χ1v) is 13.1. The number of fused-ring (bicyclic) bond motifs is 1. The van der Waals surface area contributed by atoms with E-state index in [2.05, 4.69) is 20.6 Å². The quantitative estimate of drug-likeness (QED) is 0.157. The molecular formula is C28H22F10N6O3. The van der Waals surface area contributed by atoms with Crippen LogP contribution in [0, 0.1) is 0 Å². The number of nitrogens with zero attached hydrogens (tertiary/aromatic N) is 3. The number of anilines is 3. The van der Waals surface area contributed by atoms with E-state index >= 15 is 0 Å². The van der Waals surface area contributed by atoms with Gasteiger partial charge in [0.1, 0.15) is 11.1 Å². The van der Waals surface area contributed by atoms with Crippen LogP contribution in [0.5, 0.6) is 5.88 Å². The Morgan fingerprint density at radius 3 is 2.15 bits per heavy atom. The van der Waals surface area contributed by atoms with Crippen LogP contribution < -0.4 is 20.7 Å². The molecule has 0 aliphatic carbocycles. The molecule has 0 atom stereocenters. The number of benzene rings is 2. The molecular weight excluding hydrogens is 658 g/mol. The van der Waals surface area contributed by atoms with Gasteiger partial charge in [-0.1, -0.05) is 6.07 Å². The van der Waals surface area contributed by atoms with Gasteiger partial charge in [0, 0.05) is 26.2 Å². The number of nitrogens with one attached hydrogen (secondary N) is 3. The summed E-state index contributed by atoms with van der Waals surface area (Å²) >= 11 is 0. The predicted octanol–water partition coefficient (Wildman–Crippen LogP) is 6.92. The molecule has 4 rings (SSSR count). The second-order valence-electron chi connectivity index (χ2n) is 9.98. The molecule has 19 heteroatoms. The topological polar surface area (TPSA) is 110 Å². The van der Waals surface area contributed by atoms with Gasteiger partial charge in [0.05, 0.1) is 16.8 Å². The zero-order chi connectivity index (χ0) is 34.9. The maximum Gasteiger partial charge on any atom is 0.418 e. The van der Waals surface area contributed by atoms with Gasteiger partial charge in [-0.15, -0.1) is 0 Å². The summed E-state index contributed by atoms with van der Waals surface area (Å²) in [6, 6.07) is 6.85. The van der Waals surface area contributed by atoms with Gasteiger partial charge in [0.25, 0.3) is 18.2 Å². The number of carbonyl (C=O) groups is 2. The monoisotopic (exact) mass is 680 g/mol. The number of alkyl halides is 10. The Morgan fingerprint density at radius 2 is 1.57 bits per heavy atom. The number of aromatic nitrogens is 3. The van der Waals surface area contributed by atoms with Gasteiger partial charge in [-0.2, -0.15) is 40.1 Å². The van der Waals surface area contributed by atoms with E-state index in [4.69, 9.17) is 4.74 Å². The molecule has 0 bridgehead atoms. The fourth-order valence-corrected chi connectivity index (χ4v) is 4.07. The van der Waals surface area contributed by atoms with E-state index in [0.717, 1.165) is 34.9 Å². The molecule has 47 heavy (non-hydrogen) atoms. The van der Waals surface area contributed by atoms with E-state index in [1.807, 2.05) is 5.32 Å². The summed E-state index contributed by atoms with van der Waals surface area (Å²) in [6.45, 7) is -1.43. The van der Waals surface area contributed by atoms with Crippen molar-refractivity contribution in [3.63, 3.8) is 0 Å². The average Bonchev–Trinajstić information content (AvgIpc) is 3.26. The normalized spacial score (nSPS) is 12.4. The highest BCUT2D eigenvalue weighted by Crippen LogP contribution is 2.37. The molecule has 2 amide bonds. The number of hydrogen-bond acceptors (Lipinski definition) is 6. The number of carbonyl (C=O) groups excluding carboxylic acids is 2. The molecule has 0 fully saturated rings. The van der Waals surface area contributed by atoms with Crippen molar-refractivity contribution >= 4 is 40.3 Å². The first-order chi connectivity index (χ1) is 21.7. The molecule has 9 nitrogen and oxygen atoms in total. The molecule has 0 aliphatic rings. The van der Waals surface area contributed by atoms with E-state index in [9.17, 15) is 53.5 Å². The van der Waals surface area contributed by atoms with Crippen molar-refractivity contribution in [2.75, 3.05) is 17.2 Å². The number of pyridine rings is 1. The number of hydrogen-bond donors (Lipinski definition) is 3. The maximum absolute atomic E-state index is 13.8. The van der Waals surface area contributed by atoms with Crippen LogP contribution >= 0.6 is 0 Å². The lowest BCUT2D eigenvalue weighted by molar-refractivity contribution is -0.143. The van der Waals surface area contributed by atoms with Gasteiger partial charge in [0.2, 0.25) is 11.8 Å². The molecule has 0 saturated carbocycles. The minimum Gasteiger partial charge on any atom is -0.471 e. The van der Waals surface area contributed by atoms with Gasteiger partial charge in [-0.25, -0.2) is 13.8 Å². The van der Waals surface area contributed by atoms with Gasteiger partial charge in [-0.05, 0) is 48.0 Å². The fraction of sp³-hybridized carbons (Fsp3) is 0.286. The molecule has 0 saturated heterocycles. The first-order valence-electron chi connectivity index (χ1n) is 13.1. The molecule has 0 spiro atoms. The largest absolute Gasteiger partial charge is 0.471 e. The van der Waals surface area contributed by atoms with Crippen LogP contribution in [0.25, 0.3) is 11.2 Å². The van der Waals surface area contributed by atoms with Crippen LogP contribution in [0.2, 0.25) is 0 Å². The molecule has 2 aromatic heterocycles. The van der Waals surface area contributed by atoms with Crippen LogP contribution in [-0.2, 0) is 30.7 Å². The van der Waals surface area contributed by atoms with E-state index in [1.54, 1.807) is 0 Å². The van der Waals surface area contributed by atoms with Crippen LogP contribution in [0.4, 0.5) is 61.2 Å². The number of halogens is 10. The molecule has 0 unspecified atom stereocenters. The molecule has 2 aromatic carbocycles. The van der Waals surface area contributed by atoms with Crippen molar-refractivity contribution in [1.82, 2.24) is 19.9 Å². The molecule has 0 aliphatic heterocycles. The summed E-state index contributed by atoms with van der Waals surface area (Å²) in [4.78, 5) is 32.8. The van der Waals surface area contributed by atoms with Crippen LogP contribution in [-0.4, -0.2) is 45.3 Å². The van der Waals surface area contributed by atoms with Gasteiger partial charge < -0.3 is 20.7 Å². The Hall–Kier alpha value is -5.10. The van der Waals surface area contributed by atoms with Crippen molar-refractivity contribution < 1.29 is 58.2 Å². The first kappa shape index (κ1) is 34.8. The molecule has 0 radical (unpaired) electrons. The van der Waals surface area contributed by atoms with Crippen molar-refractivity contribution in [1.29, 1.82) is 0 Å². The van der Waals surface area contributed by atoms with Gasteiger partial charge in [0.15, 0.2) is 12.3 Å². The lowest BCUT2D eigenvalue weighted by atomic mass is 10.1. The number of rotatable bonds is 10. The Balaban J connectivity index is 1.70.